The van der Waals surface area contributed by atoms with E-state index < -0.39 is 0 Å². The highest BCUT2D eigenvalue weighted by Gasteiger charge is 2.00. The summed E-state index contributed by atoms with van der Waals surface area (Å²) in [6, 6.07) is 9.19. The van der Waals surface area contributed by atoms with Gasteiger partial charge in [0.05, 0.1) is 13.2 Å². The fraction of sp³-hybridized carbons (Fsp3) is 0.200. The second kappa shape index (κ2) is 6.05. The smallest absolute Gasteiger partial charge is 0.121 e. The van der Waals surface area contributed by atoms with Crippen LogP contribution in [0.25, 0.3) is 0 Å². The molecule has 3 nitrogen and oxygen atoms in total. The Hall–Kier alpha value is -1.48. The Morgan fingerprint density at radius 2 is 2.14 bits per heavy atom. The number of halogens is 1. The highest BCUT2D eigenvalue weighted by molar-refractivity contribution is 5.44. The van der Waals surface area contributed by atoms with E-state index in [4.69, 9.17) is 0 Å². The van der Waals surface area contributed by atoms with Crippen molar-refractivity contribution in [1.29, 1.82) is 0 Å². The van der Waals surface area contributed by atoms with Crippen LogP contribution in [0, 0.1) is 0 Å². The van der Waals surface area contributed by atoms with Crippen LogP contribution in [0.3, 0.4) is 0 Å². The number of nitrogens with zero attached hydrogens (tertiary/aromatic N) is 1. The van der Waals surface area contributed by atoms with Gasteiger partial charge >= 0.3 is 0 Å². The van der Waals surface area contributed by atoms with E-state index in [0.717, 1.165) is 11.6 Å². The third-order valence-electron chi connectivity index (χ3n) is 1.53. The van der Waals surface area contributed by atoms with Crippen LogP contribution in [0.4, 0.5) is 4.48 Å². The van der Waals surface area contributed by atoms with E-state index in [1.165, 1.54) is 5.94 Å². The Morgan fingerprint density at radius 3 is 2.79 bits per heavy atom. The number of carbonyl (C=O) groups excluding carboxylic acids is 1. The van der Waals surface area contributed by atoms with E-state index in [2.05, 4.69) is 4.84 Å². The third kappa shape index (κ3) is 3.96. The van der Waals surface area contributed by atoms with Gasteiger partial charge in [0.25, 0.3) is 0 Å². The van der Waals surface area contributed by atoms with Gasteiger partial charge in [-0.1, -0.05) is 30.3 Å². The second-order valence-corrected chi connectivity index (χ2v) is 2.58. The van der Waals surface area contributed by atoms with E-state index in [1.54, 1.807) is 0 Å². The molecule has 0 aliphatic heterocycles. The van der Waals surface area contributed by atoms with Crippen LogP contribution in [-0.4, -0.2) is 17.8 Å². The molecule has 0 N–H and O–H groups in total. The molecule has 0 saturated heterocycles. The van der Waals surface area contributed by atoms with Crippen LogP contribution in [0.2, 0.25) is 0 Å². The Kier molecular flexibility index (Phi) is 4.58. The molecule has 0 aliphatic rings. The second-order valence-electron chi connectivity index (χ2n) is 2.58. The maximum atomic E-state index is 12.7. The van der Waals surface area contributed by atoms with E-state index in [1.807, 2.05) is 30.3 Å². The van der Waals surface area contributed by atoms with Crippen LogP contribution >= 0.6 is 0 Å². The van der Waals surface area contributed by atoms with Crippen LogP contribution < -0.4 is 0 Å². The predicted octanol–water partition coefficient (Wildman–Crippen LogP) is 1.69. The summed E-state index contributed by atoms with van der Waals surface area (Å²) in [6.45, 7) is -0.0691. The molecule has 14 heavy (non-hydrogen) atoms. The van der Waals surface area contributed by atoms with Crippen LogP contribution in [-0.2, 0) is 16.2 Å². The van der Waals surface area contributed by atoms with Crippen molar-refractivity contribution in [3.05, 3.63) is 42.0 Å². The molecule has 0 atom stereocenters. The quantitative estimate of drug-likeness (QED) is 0.407. The van der Waals surface area contributed by atoms with Gasteiger partial charge in [-0.25, -0.2) is 4.79 Å². The third-order valence-corrected chi connectivity index (χ3v) is 1.53. The minimum Gasteiger partial charge on any atom is -0.265 e. The Morgan fingerprint density at radius 1 is 1.43 bits per heavy atom. The van der Waals surface area contributed by atoms with E-state index >= 15 is 0 Å². The predicted molar refractivity (Wildman–Crippen MR) is 49.3 cm³/mol. The molecule has 0 amide bonds. The maximum absolute atomic E-state index is 12.7. The van der Waals surface area contributed by atoms with E-state index in [0.29, 0.717) is 0 Å². The summed E-state index contributed by atoms with van der Waals surface area (Å²) in [5.74, 6) is 1.46. The molecular weight excluding hydrogens is 185 g/mol. The van der Waals surface area contributed by atoms with Gasteiger partial charge < -0.3 is 0 Å². The Labute approximate surface area is 81.3 Å². The summed E-state index contributed by atoms with van der Waals surface area (Å²) >= 11 is 0. The average Bonchev–Trinajstić information content (AvgIpc) is 2.25. The van der Waals surface area contributed by atoms with E-state index in [-0.39, 0.29) is 18.4 Å². The van der Waals surface area contributed by atoms with Crippen molar-refractivity contribution in [2.24, 2.45) is 0 Å². The van der Waals surface area contributed by atoms with Crippen molar-refractivity contribution in [3.63, 3.8) is 0 Å². The fourth-order valence-corrected chi connectivity index (χ4v) is 0.881. The lowest BCUT2D eigenvalue weighted by Gasteiger charge is -2.08. The molecule has 4 heteroatoms. The first-order valence-electron chi connectivity index (χ1n) is 4.12. The average molecular weight is 195 g/mol. The molecule has 0 spiro atoms. The van der Waals surface area contributed by atoms with Gasteiger partial charge in [-0.15, -0.1) is 4.48 Å². The van der Waals surface area contributed by atoms with Crippen LogP contribution in [0.15, 0.2) is 36.4 Å². The number of hydrogen-bond donors (Lipinski definition) is 0. The van der Waals surface area contributed by atoms with Crippen molar-refractivity contribution < 1.29 is 14.1 Å². The molecule has 0 heterocycles. The molecule has 0 fully saturated rings. The molecule has 0 aliphatic carbocycles. The lowest BCUT2D eigenvalue weighted by atomic mass is 10.2. The zero-order chi connectivity index (χ0) is 10.2. The van der Waals surface area contributed by atoms with Crippen molar-refractivity contribution in [1.82, 2.24) is 5.29 Å². The number of hydrogen-bond acceptors (Lipinski definition) is 3. The fourth-order valence-electron chi connectivity index (χ4n) is 0.881. The van der Waals surface area contributed by atoms with Crippen molar-refractivity contribution in [3.8, 4) is 0 Å². The zero-order valence-electron chi connectivity index (χ0n) is 7.52. The minimum absolute atomic E-state index is 0.0951. The summed E-state index contributed by atoms with van der Waals surface area (Å²) in [7, 11) is 0. The first-order valence-corrected chi connectivity index (χ1v) is 4.12. The summed E-state index contributed by atoms with van der Waals surface area (Å²) < 4.78 is 12.7. The zero-order valence-corrected chi connectivity index (χ0v) is 7.52. The number of hydroxylamine groups is 1. The number of rotatable bonds is 5. The standard InChI is InChI=1S/C10H10FNO2/c11-12(7-4-8-13)14-9-10-5-2-1-3-6-10/h1-6H,7,9H2. The lowest BCUT2D eigenvalue weighted by Crippen LogP contribution is -2.14. The maximum Gasteiger partial charge on any atom is 0.121 e. The Balaban J connectivity index is 2.30. The molecule has 1 aromatic carbocycles. The van der Waals surface area contributed by atoms with Gasteiger partial charge in [0.15, 0.2) is 0 Å². The molecule has 1 aromatic rings. The molecule has 1 rings (SSSR count). The van der Waals surface area contributed by atoms with Gasteiger partial charge in [-0.05, 0) is 10.8 Å². The first kappa shape index (κ1) is 10.6. The minimum atomic E-state index is -0.212. The van der Waals surface area contributed by atoms with Gasteiger partial charge in [-0.2, -0.15) is 0 Å². The van der Waals surface area contributed by atoms with Crippen molar-refractivity contribution >= 4 is 5.94 Å². The molecular formula is C10H10FNO2. The van der Waals surface area contributed by atoms with E-state index in [9.17, 15) is 9.28 Å². The summed E-state index contributed by atoms with van der Waals surface area (Å²) in [5.41, 5.74) is 0.866. The highest BCUT2D eigenvalue weighted by Crippen LogP contribution is 2.02. The largest absolute Gasteiger partial charge is 0.265 e. The van der Waals surface area contributed by atoms with Gasteiger partial charge in [-0.3, -0.25) is 4.84 Å². The highest BCUT2D eigenvalue weighted by atomic mass is 19.2. The molecule has 0 bridgehead atoms. The van der Waals surface area contributed by atoms with Gasteiger partial charge in [0.2, 0.25) is 0 Å². The van der Waals surface area contributed by atoms with Crippen molar-refractivity contribution in [2.75, 3.05) is 6.54 Å². The molecule has 0 unspecified atom stereocenters. The summed E-state index contributed by atoms with van der Waals surface area (Å²) in [4.78, 5) is 14.4. The summed E-state index contributed by atoms with van der Waals surface area (Å²) in [6.07, 6.45) is 1.00. The van der Waals surface area contributed by atoms with Crippen LogP contribution in [0.5, 0.6) is 0 Å². The van der Waals surface area contributed by atoms with Gasteiger partial charge in [0, 0.05) is 6.08 Å². The Bertz CT molecular complexity index is 309. The lowest BCUT2D eigenvalue weighted by molar-refractivity contribution is -0.281. The van der Waals surface area contributed by atoms with Crippen molar-refractivity contribution in [2.45, 2.75) is 6.61 Å². The molecule has 74 valence electrons. The monoisotopic (exact) mass is 195 g/mol. The SMILES string of the molecule is O=C=CCN(F)OCc1ccccc1. The molecule has 0 radical (unpaired) electrons. The molecule has 0 aromatic heterocycles. The number of benzene rings is 1. The topological polar surface area (TPSA) is 29.5 Å². The molecule has 0 saturated carbocycles. The first-order chi connectivity index (χ1) is 6.83. The van der Waals surface area contributed by atoms with Gasteiger partial charge in [0.1, 0.15) is 5.94 Å². The van der Waals surface area contributed by atoms with Crippen LogP contribution in [0.1, 0.15) is 5.56 Å². The summed E-state index contributed by atoms with van der Waals surface area (Å²) in [5, 5.41) is 0.0951. The normalized spacial score (nSPS) is 9.86.